The van der Waals surface area contributed by atoms with Crippen molar-refractivity contribution in [2.24, 2.45) is 0 Å². The highest BCUT2D eigenvalue weighted by atomic mass is 127. The largest absolute Gasteiger partial charge is 0.495 e. The molecule has 0 amide bonds. The van der Waals surface area contributed by atoms with E-state index in [9.17, 15) is 9.59 Å². The maximum atomic E-state index is 11.6. The quantitative estimate of drug-likeness (QED) is 0.107. The molecule has 0 atom stereocenters. The van der Waals surface area contributed by atoms with Crippen molar-refractivity contribution in [2.45, 2.75) is 52.7 Å². The zero-order valence-corrected chi connectivity index (χ0v) is 29.0. The number of nitrogens with zero attached hydrogens (tertiary/aromatic N) is 4. The molecule has 0 spiro atoms. The summed E-state index contributed by atoms with van der Waals surface area (Å²) < 4.78 is 22.4. The number of ether oxygens (including phenoxy) is 2. The third kappa shape index (κ3) is 8.60. The minimum Gasteiger partial charge on any atom is -0.465 e. The van der Waals surface area contributed by atoms with Gasteiger partial charge in [-0.1, -0.05) is 17.7 Å². The molecule has 238 valence electrons. The molecule has 0 radical (unpaired) electrons. The van der Waals surface area contributed by atoms with Crippen LogP contribution in [-0.4, -0.2) is 64.4 Å². The van der Waals surface area contributed by atoms with Crippen molar-refractivity contribution < 1.29 is 28.4 Å². The molecule has 1 aliphatic heterocycles. The fourth-order valence-electron chi connectivity index (χ4n) is 4.12. The van der Waals surface area contributed by atoms with Gasteiger partial charge in [0.05, 0.1) is 36.5 Å². The van der Waals surface area contributed by atoms with Crippen molar-refractivity contribution in [3.05, 3.63) is 97.6 Å². The van der Waals surface area contributed by atoms with E-state index in [1.54, 1.807) is 36.7 Å². The van der Waals surface area contributed by atoms with Gasteiger partial charge in [-0.05, 0) is 99.4 Å². The fraction of sp³-hybridized carbons (Fsp3) is 0.312. The Morgan fingerprint density at radius 1 is 0.826 bits per heavy atom. The molecule has 46 heavy (non-hydrogen) atoms. The summed E-state index contributed by atoms with van der Waals surface area (Å²) in [5.41, 5.74) is 4.60. The predicted octanol–water partition coefficient (Wildman–Crippen LogP) is 6.37. The molecule has 0 saturated carbocycles. The lowest BCUT2D eigenvalue weighted by atomic mass is 9.75. The zero-order valence-electron chi connectivity index (χ0n) is 26.8. The molecular weight excluding hydrogens is 702 g/mol. The maximum absolute atomic E-state index is 11.6. The highest BCUT2D eigenvalue weighted by Crippen LogP contribution is 2.36. The Bertz CT molecular complexity index is 1790. The first-order valence-corrected chi connectivity index (χ1v) is 15.0. The van der Waals surface area contributed by atoms with Gasteiger partial charge in [0.15, 0.2) is 3.70 Å². The van der Waals surface area contributed by atoms with Crippen LogP contribution in [0.4, 0.5) is 11.9 Å². The van der Waals surface area contributed by atoms with Gasteiger partial charge in [0.25, 0.3) is 0 Å². The minimum atomic E-state index is -0.468. The number of methoxy groups -OCH3 is 2. The summed E-state index contributed by atoms with van der Waals surface area (Å²) in [6.45, 7) is 25.3. The van der Waals surface area contributed by atoms with Crippen LogP contribution in [0.15, 0.2) is 48.8 Å². The summed E-state index contributed by atoms with van der Waals surface area (Å²) in [4.78, 5) is 42.7. The van der Waals surface area contributed by atoms with Crippen molar-refractivity contribution in [2.75, 3.05) is 14.2 Å². The van der Waals surface area contributed by atoms with Crippen LogP contribution < -0.4 is 5.46 Å². The van der Waals surface area contributed by atoms with Crippen LogP contribution in [0.25, 0.3) is 20.9 Å². The first kappa shape index (κ1) is 36.0. The molecule has 4 aromatic rings. The molecule has 5 rings (SSSR count). The van der Waals surface area contributed by atoms with Gasteiger partial charge in [0.1, 0.15) is 18.1 Å². The van der Waals surface area contributed by atoms with Crippen LogP contribution in [0.1, 0.15) is 59.5 Å². The molecule has 0 aliphatic carbocycles. The third-order valence-electron chi connectivity index (χ3n) is 7.46. The Hall–Kier alpha value is -4.51. The summed E-state index contributed by atoms with van der Waals surface area (Å²) >= 11 is 2.06. The van der Waals surface area contributed by atoms with E-state index < -0.39 is 18.3 Å². The van der Waals surface area contributed by atoms with Crippen LogP contribution in [0.3, 0.4) is 0 Å². The van der Waals surface area contributed by atoms with E-state index in [0.29, 0.717) is 22.8 Å². The second-order valence-corrected chi connectivity index (χ2v) is 12.2. The number of rotatable bonds is 4. The number of imidazole rings is 2. The van der Waals surface area contributed by atoms with E-state index in [2.05, 4.69) is 57.0 Å². The Morgan fingerprint density at radius 3 is 1.78 bits per heavy atom. The lowest BCUT2D eigenvalue weighted by Gasteiger charge is -2.32. The summed E-state index contributed by atoms with van der Waals surface area (Å²) in [7, 11) is 2.25. The number of aryl methyl sites for hydroxylation is 2. The topological polar surface area (TPSA) is 137 Å². The van der Waals surface area contributed by atoms with Gasteiger partial charge in [-0.3, -0.25) is 4.98 Å². The molecule has 14 heteroatoms. The van der Waals surface area contributed by atoms with Crippen LogP contribution in [0, 0.1) is 30.7 Å². The maximum Gasteiger partial charge on any atom is 0.495 e. The standard InChI is InChI=1S/C15H21BO4.C13H11N3O2.C4H2IN3/c1-10-7-8-11(13(17)18-6)9-12(10)16-19-14(2,3)15(4,5)20-16;1-8-4-5-9(12(17)18-3)6-10(8)11-7-15-13(14-2)16-11;1-6-4-7-2-3(5)8-4/h7-9H,1-6H3;4-7H,1,3H3,(H,15,16);2H,(H,7,8). The summed E-state index contributed by atoms with van der Waals surface area (Å²) in [6, 6.07) is 10.7. The molecule has 2 aromatic heterocycles. The normalized spacial score (nSPS) is 14.0. The van der Waals surface area contributed by atoms with Crippen molar-refractivity contribution in [1.29, 1.82) is 0 Å². The average molecular weight is 736 g/mol. The number of nitrogens with one attached hydrogen (secondary N) is 2. The van der Waals surface area contributed by atoms with Crippen molar-refractivity contribution in [3.63, 3.8) is 0 Å². The van der Waals surface area contributed by atoms with E-state index in [0.717, 1.165) is 25.9 Å². The Balaban J connectivity index is 0.000000204. The number of carbonyl (C=O) groups is 2. The van der Waals surface area contributed by atoms with Crippen molar-refractivity contribution in [3.8, 4) is 11.3 Å². The SMILES string of the molecule is COC(=O)c1ccc(C)c(B2OC(C)(C)C(C)(C)O2)c1.[C-]#[N+]c1ncc(-c2cc(C(=O)OC)ccc2C)[nH]1.[C-]#[N+]c1ncc(I)[nH]1. The predicted molar refractivity (Wildman–Crippen MR) is 182 cm³/mol. The zero-order chi connectivity index (χ0) is 34.2. The van der Waals surface area contributed by atoms with Gasteiger partial charge < -0.3 is 33.5 Å². The van der Waals surface area contributed by atoms with Gasteiger partial charge >= 0.3 is 31.0 Å². The minimum absolute atomic E-state index is 0.230. The monoisotopic (exact) mass is 736 g/mol. The van der Waals surface area contributed by atoms with E-state index in [1.165, 1.54) is 14.2 Å². The van der Waals surface area contributed by atoms with Gasteiger partial charge in [-0.2, -0.15) is 9.97 Å². The Kier molecular flexibility index (Phi) is 11.9. The summed E-state index contributed by atoms with van der Waals surface area (Å²) in [6.07, 6.45) is 3.20. The first-order chi connectivity index (χ1) is 21.7. The van der Waals surface area contributed by atoms with Gasteiger partial charge in [0.2, 0.25) is 0 Å². The number of benzene rings is 2. The van der Waals surface area contributed by atoms with Crippen molar-refractivity contribution in [1.82, 2.24) is 19.9 Å². The Morgan fingerprint density at radius 2 is 1.33 bits per heavy atom. The second-order valence-electron chi connectivity index (χ2n) is 11.1. The molecule has 0 unspecified atom stereocenters. The van der Waals surface area contributed by atoms with Gasteiger partial charge in [-0.25, -0.2) is 9.59 Å². The van der Waals surface area contributed by atoms with E-state index in [-0.39, 0.29) is 17.9 Å². The summed E-state index contributed by atoms with van der Waals surface area (Å²) in [5.74, 6) is -0.161. The van der Waals surface area contributed by atoms with E-state index >= 15 is 0 Å². The number of hydrogen-bond acceptors (Lipinski definition) is 8. The molecule has 12 nitrogen and oxygen atoms in total. The summed E-state index contributed by atoms with van der Waals surface area (Å²) in [5, 5.41) is 0. The number of aromatic nitrogens is 4. The van der Waals surface area contributed by atoms with Gasteiger partial charge in [-0.15, -0.1) is 13.1 Å². The number of halogens is 1. The lowest BCUT2D eigenvalue weighted by Crippen LogP contribution is -2.41. The fourth-order valence-corrected chi connectivity index (χ4v) is 4.50. The number of H-pyrrole nitrogens is 2. The lowest BCUT2D eigenvalue weighted by molar-refractivity contribution is 0.00578. The molecule has 1 fully saturated rings. The molecular formula is C32H34BIN6O6. The van der Waals surface area contributed by atoms with Gasteiger partial charge in [0, 0.05) is 5.56 Å². The molecule has 3 heterocycles. The average Bonchev–Trinajstić information content (AvgIpc) is 3.74. The highest BCUT2D eigenvalue weighted by molar-refractivity contribution is 14.1. The molecule has 2 aromatic carbocycles. The van der Waals surface area contributed by atoms with Crippen LogP contribution in [0.2, 0.25) is 0 Å². The van der Waals surface area contributed by atoms with E-state index in [4.69, 9.17) is 27.2 Å². The van der Waals surface area contributed by atoms with E-state index in [1.807, 2.05) is 53.7 Å². The molecule has 1 aliphatic rings. The van der Waals surface area contributed by atoms with Crippen LogP contribution in [0.5, 0.6) is 0 Å². The van der Waals surface area contributed by atoms with Crippen LogP contribution >= 0.6 is 22.6 Å². The third-order valence-corrected chi connectivity index (χ3v) is 8.01. The number of carbonyl (C=O) groups excluding carboxylic acids is 2. The molecule has 2 N–H and O–H groups in total. The second kappa shape index (κ2) is 15.2. The van der Waals surface area contributed by atoms with Crippen molar-refractivity contribution >= 4 is 59.0 Å². The number of aromatic amines is 2. The highest BCUT2D eigenvalue weighted by Gasteiger charge is 2.52. The molecule has 0 bridgehead atoms. The first-order valence-electron chi connectivity index (χ1n) is 13.9. The Labute approximate surface area is 282 Å². The van der Waals surface area contributed by atoms with Crippen LogP contribution in [-0.2, 0) is 18.8 Å². The smallest absolute Gasteiger partial charge is 0.465 e. The molecule has 1 saturated heterocycles. The number of esters is 2. The number of hydrogen-bond donors (Lipinski definition) is 2.